The number of aromatic nitrogens is 3. The fourth-order valence-corrected chi connectivity index (χ4v) is 7.84. The van der Waals surface area contributed by atoms with Crippen LogP contribution in [-0.2, 0) is 0 Å². The minimum atomic E-state index is 0.648. The smallest absolute Gasteiger partial charge is 0.160 e. The Kier molecular flexibility index (Phi) is 6.79. The largest absolute Gasteiger partial charge is 0.455 e. The van der Waals surface area contributed by atoms with Crippen molar-refractivity contribution in [2.75, 3.05) is 0 Å². The van der Waals surface area contributed by atoms with E-state index in [-0.39, 0.29) is 0 Å². The highest BCUT2D eigenvalue weighted by molar-refractivity contribution is 6.18. The van der Waals surface area contributed by atoms with Crippen molar-refractivity contribution in [1.82, 2.24) is 15.0 Å². The molecular formula is C49H29N3O2. The number of rotatable bonds is 5. The van der Waals surface area contributed by atoms with Gasteiger partial charge in [0.15, 0.2) is 5.82 Å². The highest BCUT2D eigenvalue weighted by Gasteiger charge is 2.22. The van der Waals surface area contributed by atoms with Crippen LogP contribution in [0.1, 0.15) is 0 Å². The van der Waals surface area contributed by atoms with Gasteiger partial charge in [-0.15, -0.1) is 0 Å². The summed E-state index contributed by atoms with van der Waals surface area (Å²) in [6.07, 6.45) is 1.83. The summed E-state index contributed by atoms with van der Waals surface area (Å²) in [5, 5.41) is 5.31. The molecule has 0 N–H and O–H groups in total. The maximum absolute atomic E-state index is 6.75. The van der Waals surface area contributed by atoms with E-state index < -0.39 is 0 Å². The Bertz CT molecular complexity index is 3210. The summed E-state index contributed by atoms with van der Waals surface area (Å²) in [5.74, 6) is 0.648. The Morgan fingerprint density at radius 2 is 1.00 bits per heavy atom. The average Bonchev–Trinajstić information content (AvgIpc) is 3.83. The summed E-state index contributed by atoms with van der Waals surface area (Å²) in [5.41, 5.74) is 13.0. The lowest BCUT2D eigenvalue weighted by Gasteiger charge is -2.12. The summed E-state index contributed by atoms with van der Waals surface area (Å²) in [6.45, 7) is 0. The van der Waals surface area contributed by atoms with E-state index in [1.54, 1.807) is 0 Å². The zero-order valence-electron chi connectivity index (χ0n) is 28.9. The summed E-state index contributed by atoms with van der Waals surface area (Å²) in [6, 6.07) is 58.3. The van der Waals surface area contributed by atoms with Gasteiger partial charge in [-0.25, -0.2) is 9.97 Å². The molecule has 11 aromatic rings. The van der Waals surface area contributed by atoms with Crippen molar-refractivity contribution in [1.29, 1.82) is 0 Å². The minimum absolute atomic E-state index is 0.648. The van der Waals surface area contributed by atoms with Crippen molar-refractivity contribution >= 4 is 54.8 Å². The highest BCUT2D eigenvalue weighted by atomic mass is 16.3. The van der Waals surface area contributed by atoms with Crippen LogP contribution >= 0.6 is 0 Å². The number of hydrogen-bond donors (Lipinski definition) is 0. The summed E-state index contributed by atoms with van der Waals surface area (Å²) >= 11 is 0. The van der Waals surface area contributed by atoms with Crippen molar-refractivity contribution in [3.05, 3.63) is 176 Å². The second kappa shape index (κ2) is 12.1. The van der Waals surface area contributed by atoms with Crippen molar-refractivity contribution in [2.24, 2.45) is 0 Å². The van der Waals surface area contributed by atoms with Gasteiger partial charge in [0.2, 0.25) is 0 Å². The molecule has 0 aliphatic rings. The Hall–Kier alpha value is -7.37. The molecule has 0 saturated heterocycles. The average molecular weight is 692 g/mol. The molecule has 0 spiro atoms. The molecule has 4 heterocycles. The second-order valence-corrected chi connectivity index (χ2v) is 13.5. The molecule has 0 aliphatic carbocycles. The van der Waals surface area contributed by atoms with E-state index in [2.05, 4.69) is 114 Å². The summed E-state index contributed by atoms with van der Waals surface area (Å²) in [7, 11) is 0. The van der Waals surface area contributed by atoms with Gasteiger partial charge in [-0.05, 0) is 47.5 Å². The molecule has 54 heavy (non-hydrogen) atoms. The highest BCUT2D eigenvalue weighted by Crippen LogP contribution is 2.45. The van der Waals surface area contributed by atoms with E-state index in [1.807, 2.05) is 66.9 Å². The minimum Gasteiger partial charge on any atom is -0.455 e. The molecule has 0 radical (unpaired) electrons. The Balaban J connectivity index is 1.11. The number of fused-ring (bicyclic) bond motifs is 7. The molecule has 4 aromatic heterocycles. The maximum Gasteiger partial charge on any atom is 0.160 e. The summed E-state index contributed by atoms with van der Waals surface area (Å²) in [4.78, 5) is 15.0. The molecule has 0 amide bonds. The van der Waals surface area contributed by atoms with Crippen LogP contribution in [0.25, 0.3) is 111 Å². The topological polar surface area (TPSA) is 65.0 Å². The van der Waals surface area contributed by atoms with Crippen LogP contribution in [-0.4, -0.2) is 15.0 Å². The summed E-state index contributed by atoms with van der Waals surface area (Å²) < 4.78 is 13.2. The molecule has 7 aromatic carbocycles. The second-order valence-electron chi connectivity index (χ2n) is 13.5. The molecule has 0 bridgehead atoms. The predicted molar refractivity (Wildman–Crippen MR) is 219 cm³/mol. The molecule has 0 aliphatic heterocycles. The van der Waals surface area contributed by atoms with Gasteiger partial charge in [0.25, 0.3) is 0 Å². The van der Waals surface area contributed by atoms with Crippen LogP contribution < -0.4 is 0 Å². The first kappa shape index (κ1) is 30.3. The van der Waals surface area contributed by atoms with Gasteiger partial charge in [-0.3, -0.25) is 4.98 Å². The molecule has 11 rings (SSSR count). The van der Waals surface area contributed by atoms with Gasteiger partial charge >= 0.3 is 0 Å². The zero-order chi connectivity index (χ0) is 35.6. The Labute approximate surface area is 309 Å². The van der Waals surface area contributed by atoms with Gasteiger partial charge in [-0.2, -0.15) is 0 Å². The Morgan fingerprint density at radius 3 is 1.87 bits per heavy atom. The third-order valence-corrected chi connectivity index (χ3v) is 10.4. The van der Waals surface area contributed by atoms with Crippen molar-refractivity contribution in [3.8, 4) is 56.2 Å². The van der Waals surface area contributed by atoms with Crippen molar-refractivity contribution in [3.63, 3.8) is 0 Å². The lowest BCUT2D eigenvalue weighted by atomic mass is 9.95. The molecular weight excluding hydrogens is 663 g/mol. The molecule has 0 unspecified atom stereocenters. The number of nitrogens with zero attached hydrogens (tertiary/aromatic N) is 3. The maximum atomic E-state index is 6.75. The third kappa shape index (κ3) is 4.83. The normalized spacial score (nSPS) is 11.7. The molecule has 5 nitrogen and oxygen atoms in total. The lowest BCUT2D eigenvalue weighted by Crippen LogP contribution is -1.96. The van der Waals surface area contributed by atoms with Crippen LogP contribution in [0.3, 0.4) is 0 Å². The van der Waals surface area contributed by atoms with Crippen LogP contribution in [0.4, 0.5) is 0 Å². The fourth-order valence-electron chi connectivity index (χ4n) is 7.84. The number of para-hydroxylation sites is 3. The quantitative estimate of drug-likeness (QED) is 0.180. The zero-order valence-corrected chi connectivity index (χ0v) is 28.9. The van der Waals surface area contributed by atoms with Gasteiger partial charge in [0.05, 0.1) is 16.9 Å². The molecule has 5 heteroatoms. The van der Waals surface area contributed by atoms with Crippen LogP contribution in [0, 0.1) is 0 Å². The number of benzene rings is 7. The monoisotopic (exact) mass is 691 g/mol. The van der Waals surface area contributed by atoms with Gasteiger partial charge in [0, 0.05) is 60.9 Å². The van der Waals surface area contributed by atoms with E-state index in [0.717, 1.165) is 105 Å². The third-order valence-electron chi connectivity index (χ3n) is 10.4. The predicted octanol–water partition coefficient (Wildman–Crippen LogP) is 13.2. The number of hydrogen-bond acceptors (Lipinski definition) is 5. The van der Waals surface area contributed by atoms with E-state index >= 15 is 0 Å². The van der Waals surface area contributed by atoms with Crippen LogP contribution in [0.2, 0.25) is 0 Å². The molecule has 0 saturated carbocycles. The van der Waals surface area contributed by atoms with E-state index in [1.165, 1.54) is 0 Å². The first-order valence-corrected chi connectivity index (χ1v) is 18.0. The molecule has 0 atom stereocenters. The van der Waals surface area contributed by atoms with Crippen molar-refractivity contribution < 1.29 is 8.83 Å². The first-order chi connectivity index (χ1) is 26.8. The SMILES string of the molecule is c1ccc(-c2cc(-c3ccc(-c4cccc5c4oc4ccccc45)c4oc5ccccc5c34)nc(-c3ccc(-c4cccc5ncccc45)cc3)n2)cc1. The number of pyridine rings is 1. The first-order valence-electron chi connectivity index (χ1n) is 18.0. The lowest BCUT2D eigenvalue weighted by molar-refractivity contribution is 0.665. The van der Waals surface area contributed by atoms with E-state index in [9.17, 15) is 0 Å². The van der Waals surface area contributed by atoms with Crippen LogP contribution in [0.5, 0.6) is 0 Å². The standard InChI is InChI=1S/C49H29N3O2/c1-2-11-31(12-3-1)42-29-43(52-49(51-42)32-24-22-30(23-25-32)33-15-9-19-41-34(33)18-10-28-50-41)39-27-26-38(48-46(39)40-14-5-7-21-45(40)54-48)37-17-8-16-36-35-13-4-6-20-44(35)53-47(36)37/h1-29H. The van der Waals surface area contributed by atoms with Gasteiger partial charge < -0.3 is 8.83 Å². The number of furan rings is 2. The fraction of sp³-hybridized carbons (Fsp3) is 0. The molecule has 0 fully saturated rings. The van der Waals surface area contributed by atoms with E-state index in [0.29, 0.717) is 5.82 Å². The Morgan fingerprint density at radius 1 is 0.370 bits per heavy atom. The van der Waals surface area contributed by atoms with Crippen molar-refractivity contribution in [2.45, 2.75) is 0 Å². The van der Waals surface area contributed by atoms with Gasteiger partial charge in [-0.1, -0.05) is 133 Å². The van der Waals surface area contributed by atoms with Gasteiger partial charge in [0.1, 0.15) is 22.3 Å². The van der Waals surface area contributed by atoms with E-state index in [4.69, 9.17) is 18.8 Å². The molecule has 252 valence electrons. The van der Waals surface area contributed by atoms with Crippen LogP contribution in [0.15, 0.2) is 185 Å².